The number of nitrogen functional groups attached to an aromatic ring is 1. The number of hydrogen-bond donors (Lipinski definition) is 2. The molecule has 13 heavy (non-hydrogen) atoms. The van der Waals surface area contributed by atoms with Gasteiger partial charge >= 0.3 is 0 Å². The van der Waals surface area contributed by atoms with E-state index in [0.29, 0.717) is 11.5 Å². The molecule has 0 aliphatic rings. The summed E-state index contributed by atoms with van der Waals surface area (Å²) in [6.07, 6.45) is -0.917. The van der Waals surface area contributed by atoms with Gasteiger partial charge < -0.3 is 11.1 Å². The minimum Gasteiger partial charge on any atom is -0.384 e. The van der Waals surface area contributed by atoms with Crippen LogP contribution in [0.5, 0.6) is 0 Å². The average molecular weight is 187 g/mol. The largest absolute Gasteiger partial charge is 0.384 e. The van der Waals surface area contributed by atoms with E-state index in [9.17, 15) is 8.78 Å². The molecule has 1 aromatic heterocycles. The van der Waals surface area contributed by atoms with Gasteiger partial charge in [-0.05, 0) is 12.1 Å². The van der Waals surface area contributed by atoms with Crippen molar-refractivity contribution in [3.05, 3.63) is 18.3 Å². The molecule has 0 radical (unpaired) electrons. The van der Waals surface area contributed by atoms with Crippen LogP contribution in [0.3, 0.4) is 0 Å². The third kappa shape index (κ3) is 3.68. The van der Waals surface area contributed by atoms with Crippen molar-refractivity contribution >= 4 is 11.5 Å². The molecule has 1 rings (SSSR count). The van der Waals surface area contributed by atoms with Crippen LogP contribution in [-0.4, -0.2) is 18.0 Å². The van der Waals surface area contributed by atoms with Crippen LogP contribution in [0.15, 0.2) is 18.3 Å². The fourth-order valence-corrected chi connectivity index (χ4v) is 0.835. The quantitative estimate of drug-likeness (QED) is 0.754. The Labute approximate surface area is 75.0 Å². The Bertz CT molecular complexity index is 248. The number of alkyl halides is 2. The maximum absolute atomic E-state index is 11.7. The molecule has 0 fully saturated rings. The van der Waals surface area contributed by atoms with Gasteiger partial charge in [0.1, 0.15) is 5.82 Å². The second-order valence-corrected chi connectivity index (χ2v) is 2.58. The second-order valence-electron chi connectivity index (χ2n) is 2.58. The molecule has 0 bridgehead atoms. The van der Waals surface area contributed by atoms with Crippen LogP contribution in [0.1, 0.15) is 6.42 Å². The number of pyridine rings is 1. The first kappa shape index (κ1) is 9.70. The van der Waals surface area contributed by atoms with Crippen LogP contribution in [-0.2, 0) is 0 Å². The molecule has 1 aromatic rings. The molecule has 72 valence electrons. The summed E-state index contributed by atoms with van der Waals surface area (Å²) in [7, 11) is 0. The van der Waals surface area contributed by atoms with E-state index in [1.807, 2.05) is 0 Å². The van der Waals surface area contributed by atoms with Crippen molar-refractivity contribution in [3.63, 3.8) is 0 Å². The monoisotopic (exact) mass is 187 g/mol. The van der Waals surface area contributed by atoms with E-state index in [1.54, 1.807) is 12.1 Å². The van der Waals surface area contributed by atoms with Gasteiger partial charge in [0.15, 0.2) is 0 Å². The van der Waals surface area contributed by atoms with Gasteiger partial charge in [0, 0.05) is 13.0 Å². The number of nitrogens with two attached hydrogens (primary N) is 1. The fraction of sp³-hybridized carbons (Fsp3) is 0.375. The Balaban J connectivity index is 2.33. The Morgan fingerprint density at radius 3 is 2.77 bits per heavy atom. The van der Waals surface area contributed by atoms with E-state index in [4.69, 9.17) is 5.73 Å². The standard InChI is InChI=1S/C8H11F2N3/c9-7(10)3-4-12-6-1-2-8(11)13-5-6/h1-2,5,7,12H,3-4H2,(H2,11,13). The first-order valence-electron chi connectivity index (χ1n) is 3.92. The van der Waals surface area contributed by atoms with E-state index in [-0.39, 0.29) is 13.0 Å². The zero-order valence-electron chi connectivity index (χ0n) is 7.00. The van der Waals surface area contributed by atoms with E-state index < -0.39 is 6.43 Å². The first-order valence-corrected chi connectivity index (χ1v) is 3.92. The normalized spacial score (nSPS) is 10.4. The Morgan fingerprint density at radius 2 is 2.23 bits per heavy atom. The maximum atomic E-state index is 11.7. The first-order chi connectivity index (χ1) is 6.18. The molecule has 0 aliphatic heterocycles. The molecule has 0 saturated carbocycles. The van der Waals surface area contributed by atoms with E-state index >= 15 is 0 Å². The van der Waals surface area contributed by atoms with Crippen molar-refractivity contribution in [2.45, 2.75) is 12.8 Å². The predicted molar refractivity (Wildman–Crippen MR) is 47.8 cm³/mol. The molecule has 0 aromatic carbocycles. The highest BCUT2D eigenvalue weighted by Gasteiger charge is 2.00. The highest BCUT2D eigenvalue weighted by atomic mass is 19.3. The van der Waals surface area contributed by atoms with Crippen molar-refractivity contribution in [2.24, 2.45) is 0 Å². The lowest BCUT2D eigenvalue weighted by Gasteiger charge is -2.04. The van der Waals surface area contributed by atoms with Gasteiger partial charge in [-0.15, -0.1) is 0 Å². The maximum Gasteiger partial charge on any atom is 0.240 e. The summed E-state index contributed by atoms with van der Waals surface area (Å²) in [5.74, 6) is 0.416. The zero-order valence-corrected chi connectivity index (χ0v) is 7.00. The SMILES string of the molecule is Nc1ccc(NCCC(F)F)cn1. The van der Waals surface area contributed by atoms with Crippen molar-refractivity contribution in [3.8, 4) is 0 Å². The van der Waals surface area contributed by atoms with Gasteiger partial charge in [-0.3, -0.25) is 0 Å². The predicted octanol–water partition coefficient (Wildman–Crippen LogP) is 1.73. The van der Waals surface area contributed by atoms with Crippen LogP contribution in [0, 0.1) is 0 Å². The summed E-state index contributed by atoms with van der Waals surface area (Å²) >= 11 is 0. The van der Waals surface area contributed by atoms with Crippen LogP contribution in [0.4, 0.5) is 20.3 Å². The number of rotatable bonds is 4. The number of nitrogens with zero attached hydrogens (tertiary/aromatic N) is 1. The number of anilines is 2. The van der Waals surface area contributed by atoms with Gasteiger partial charge in [0.25, 0.3) is 0 Å². The average Bonchev–Trinajstić information content (AvgIpc) is 2.08. The highest BCUT2D eigenvalue weighted by molar-refractivity contribution is 5.45. The van der Waals surface area contributed by atoms with Crippen molar-refractivity contribution in [1.82, 2.24) is 4.98 Å². The van der Waals surface area contributed by atoms with Crippen molar-refractivity contribution in [1.29, 1.82) is 0 Å². The molecule has 0 spiro atoms. The van der Waals surface area contributed by atoms with E-state index in [1.165, 1.54) is 6.20 Å². The van der Waals surface area contributed by atoms with Gasteiger partial charge in [-0.1, -0.05) is 0 Å². The molecular formula is C8H11F2N3. The number of hydrogen-bond acceptors (Lipinski definition) is 3. The van der Waals surface area contributed by atoms with E-state index in [2.05, 4.69) is 10.3 Å². The lowest BCUT2D eigenvalue weighted by Crippen LogP contribution is -2.06. The topological polar surface area (TPSA) is 50.9 Å². The number of halogens is 2. The lowest BCUT2D eigenvalue weighted by molar-refractivity contribution is 0.142. The number of nitrogens with one attached hydrogen (secondary N) is 1. The third-order valence-electron chi connectivity index (χ3n) is 1.48. The lowest BCUT2D eigenvalue weighted by atomic mass is 10.3. The Hall–Kier alpha value is -1.39. The summed E-state index contributed by atoms with van der Waals surface area (Å²) in [4.78, 5) is 3.80. The molecule has 0 aliphatic carbocycles. The summed E-state index contributed by atoms with van der Waals surface area (Å²) in [5.41, 5.74) is 6.05. The van der Waals surface area contributed by atoms with Gasteiger partial charge in [0.05, 0.1) is 11.9 Å². The van der Waals surface area contributed by atoms with Gasteiger partial charge in [0.2, 0.25) is 6.43 Å². The molecule has 1 heterocycles. The Kier molecular flexibility index (Phi) is 3.42. The Morgan fingerprint density at radius 1 is 1.46 bits per heavy atom. The van der Waals surface area contributed by atoms with Crippen molar-refractivity contribution in [2.75, 3.05) is 17.6 Å². The van der Waals surface area contributed by atoms with Crippen LogP contribution in [0.2, 0.25) is 0 Å². The van der Waals surface area contributed by atoms with Crippen LogP contribution in [0.25, 0.3) is 0 Å². The highest BCUT2D eigenvalue weighted by Crippen LogP contribution is 2.07. The smallest absolute Gasteiger partial charge is 0.240 e. The molecule has 0 saturated heterocycles. The minimum absolute atomic E-state index is 0.162. The summed E-state index contributed by atoms with van der Waals surface area (Å²) in [6, 6.07) is 3.32. The zero-order chi connectivity index (χ0) is 9.68. The minimum atomic E-state index is -2.27. The molecule has 0 atom stereocenters. The summed E-state index contributed by atoms with van der Waals surface area (Å²) in [6.45, 7) is 0.239. The third-order valence-corrected chi connectivity index (χ3v) is 1.48. The molecule has 3 N–H and O–H groups in total. The summed E-state index contributed by atoms with van der Waals surface area (Å²) < 4.78 is 23.5. The second kappa shape index (κ2) is 4.59. The molecule has 0 amide bonds. The fourth-order valence-electron chi connectivity index (χ4n) is 0.835. The van der Waals surface area contributed by atoms with Crippen LogP contribution >= 0.6 is 0 Å². The summed E-state index contributed by atoms with van der Waals surface area (Å²) in [5, 5.41) is 2.81. The van der Waals surface area contributed by atoms with Gasteiger partial charge in [-0.25, -0.2) is 13.8 Å². The van der Waals surface area contributed by atoms with Gasteiger partial charge in [-0.2, -0.15) is 0 Å². The molecule has 0 unspecified atom stereocenters. The number of aromatic nitrogens is 1. The van der Waals surface area contributed by atoms with E-state index in [0.717, 1.165) is 0 Å². The molecular weight excluding hydrogens is 176 g/mol. The van der Waals surface area contributed by atoms with Crippen LogP contribution < -0.4 is 11.1 Å². The molecule has 3 nitrogen and oxygen atoms in total. The van der Waals surface area contributed by atoms with Crippen molar-refractivity contribution < 1.29 is 8.78 Å². The molecule has 5 heteroatoms.